The summed E-state index contributed by atoms with van der Waals surface area (Å²) in [5, 5.41) is 19.5. The molecular weight excluding hydrogens is 602 g/mol. The molecule has 4 N–H and O–H groups in total. The summed E-state index contributed by atoms with van der Waals surface area (Å²) in [7, 11) is -3.46. The van der Waals surface area contributed by atoms with Crippen LogP contribution in [0.3, 0.4) is 0 Å². The number of halogens is 1. The Labute approximate surface area is 260 Å². The van der Waals surface area contributed by atoms with Crippen LogP contribution in [0.5, 0.6) is 0 Å². The smallest absolute Gasteiger partial charge is 0.255 e. The van der Waals surface area contributed by atoms with Crippen molar-refractivity contribution in [3.8, 4) is 0 Å². The lowest BCUT2D eigenvalue weighted by atomic mass is 9.86. The Kier molecular flexibility index (Phi) is 7.87. The third-order valence-corrected chi connectivity index (χ3v) is 11.7. The van der Waals surface area contributed by atoms with Gasteiger partial charge >= 0.3 is 0 Å². The van der Waals surface area contributed by atoms with Gasteiger partial charge in [-0.25, -0.2) is 22.8 Å². The lowest BCUT2D eigenvalue weighted by Gasteiger charge is -2.31. The van der Waals surface area contributed by atoms with Crippen molar-refractivity contribution < 1.29 is 22.7 Å². The lowest BCUT2D eigenvalue weighted by molar-refractivity contribution is -0.00177. The maximum Gasteiger partial charge on any atom is 0.255 e. The summed E-state index contributed by atoms with van der Waals surface area (Å²) < 4.78 is 42.1. The molecule has 2 aliphatic rings. The molecule has 1 amide bonds. The predicted octanol–water partition coefficient (Wildman–Crippen LogP) is 5.86. The van der Waals surface area contributed by atoms with E-state index in [0.29, 0.717) is 22.8 Å². The molecule has 4 aromatic rings. The zero-order chi connectivity index (χ0) is 31.2. The minimum absolute atomic E-state index is 0.0822. The summed E-state index contributed by atoms with van der Waals surface area (Å²) in [4.78, 5) is 22.5. The van der Waals surface area contributed by atoms with Crippen LogP contribution in [-0.4, -0.2) is 59.0 Å². The van der Waals surface area contributed by atoms with Crippen LogP contribution in [0.15, 0.2) is 71.2 Å². The Morgan fingerprint density at radius 1 is 1.09 bits per heavy atom. The van der Waals surface area contributed by atoms with Gasteiger partial charge in [0.25, 0.3) is 5.91 Å². The molecule has 0 unspecified atom stereocenters. The first-order valence-corrected chi connectivity index (χ1v) is 17.2. The summed E-state index contributed by atoms with van der Waals surface area (Å²) in [5.41, 5.74) is 1.93. The zero-order valence-electron chi connectivity index (χ0n) is 24.6. The van der Waals surface area contributed by atoms with E-state index in [4.69, 9.17) is 0 Å². The average Bonchev–Trinajstić information content (AvgIpc) is 3.69. The molecule has 0 radical (unpaired) electrons. The van der Waals surface area contributed by atoms with Crippen LogP contribution in [0.2, 0.25) is 0 Å². The van der Waals surface area contributed by atoms with Crippen LogP contribution in [0.1, 0.15) is 56.3 Å². The number of nitrogens with zero attached hydrogens (tertiary/aromatic N) is 2. The summed E-state index contributed by atoms with van der Waals surface area (Å²) in [6.07, 6.45) is 3.49. The molecule has 6 rings (SSSR count). The van der Waals surface area contributed by atoms with Crippen LogP contribution in [-0.2, 0) is 9.84 Å². The van der Waals surface area contributed by atoms with E-state index in [1.807, 2.05) is 18.2 Å². The van der Waals surface area contributed by atoms with Gasteiger partial charge in [0.15, 0.2) is 9.84 Å². The Morgan fingerprint density at radius 3 is 2.57 bits per heavy atom. The van der Waals surface area contributed by atoms with E-state index in [1.54, 1.807) is 41.9 Å². The first-order valence-electron chi connectivity index (χ1n) is 14.7. The van der Waals surface area contributed by atoms with Gasteiger partial charge in [0.05, 0.1) is 49.8 Å². The Hall–Kier alpha value is -3.61. The van der Waals surface area contributed by atoms with Gasteiger partial charge in [-0.1, -0.05) is 18.2 Å². The van der Waals surface area contributed by atoms with E-state index >= 15 is 0 Å². The Balaban J connectivity index is 1.25. The molecule has 0 saturated heterocycles. The third kappa shape index (κ3) is 6.29. The second-order valence-electron chi connectivity index (χ2n) is 12.8. The normalized spacial score (nSPS) is 22.2. The number of benzene rings is 2. The van der Waals surface area contributed by atoms with Gasteiger partial charge in [0.1, 0.15) is 12.0 Å². The predicted molar refractivity (Wildman–Crippen MR) is 171 cm³/mol. The highest BCUT2D eigenvalue weighted by Gasteiger charge is 2.56. The molecule has 2 aromatic carbocycles. The van der Waals surface area contributed by atoms with Crippen molar-refractivity contribution >= 4 is 54.5 Å². The van der Waals surface area contributed by atoms with Gasteiger partial charge in [0, 0.05) is 23.5 Å². The number of anilines is 3. The van der Waals surface area contributed by atoms with E-state index in [2.05, 4.69) is 25.9 Å². The van der Waals surface area contributed by atoms with Crippen LogP contribution in [0.4, 0.5) is 21.6 Å². The first kappa shape index (κ1) is 30.4. The minimum atomic E-state index is -3.46. The number of carbonyl (C=O) groups excluding carboxylic acids is 1. The van der Waals surface area contributed by atoms with Gasteiger partial charge in [-0.3, -0.25) is 4.79 Å². The van der Waals surface area contributed by atoms with E-state index < -0.39 is 33.1 Å². The number of fused-ring (bicyclic) bond motifs is 3. The average molecular weight is 638 g/mol. The molecule has 44 heavy (non-hydrogen) atoms. The number of aromatic nitrogens is 2. The zero-order valence-corrected chi connectivity index (χ0v) is 26.3. The van der Waals surface area contributed by atoms with E-state index in [1.165, 1.54) is 31.4 Å². The topological polar surface area (TPSA) is 133 Å². The number of aliphatic hydroxyl groups is 1. The quantitative estimate of drug-likeness (QED) is 0.161. The highest BCUT2D eigenvalue weighted by molar-refractivity contribution is 7.91. The van der Waals surface area contributed by atoms with E-state index in [9.17, 15) is 22.7 Å². The van der Waals surface area contributed by atoms with Gasteiger partial charge in [-0.2, -0.15) is 0 Å². The van der Waals surface area contributed by atoms with Crippen molar-refractivity contribution in [2.75, 3.05) is 22.9 Å². The lowest BCUT2D eigenvalue weighted by Crippen LogP contribution is -2.42. The molecular formula is C32H36FN5O4S2. The summed E-state index contributed by atoms with van der Waals surface area (Å²) >= 11 is 1.53. The fourth-order valence-electron chi connectivity index (χ4n) is 6.51. The van der Waals surface area contributed by atoms with Gasteiger partial charge in [-0.15, -0.1) is 11.3 Å². The van der Waals surface area contributed by atoms with Gasteiger partial charge in [0.2, 0.25) is 0 Å². The number of amides is 1. The molecule has 0 aliphatic heterocycles. The molecule has 0 spiro atoms. The summed E-state index contributed by atoms with van der Waals surface area (Å²) in [6.45, 7) is 2.35. The molecule has 1 atom stereocenters. The monoisotopic (exact) mass is 637 g/mol. The van der Waals surface area contributed by atoms with Crippen molar-refractivity contribution in [2.45, 2.75) is 68.2 Å². The summed E-state index contributed by atoms with van der Waals surface area (Å²) in [5.74, 6) is 0.0756. The van der Waals surface area contributed by atoms with Gasteiger partial charge < -0.3 is 21.1 Å². The molecule has 2 saturated carbocycles. The highest BCUT2D eigenvalue weighted by atomic mass is 32.2. The number of thiazole rings is 1. The number of hydrogen-bond donors (Lipinski definition) is 4. The van der Waals surface area contributed by atoms with Crippen molar-refractivity contribution in [1.29, 1.82) is 0 Å². The molecule has 2 bridgehead atoms. The van der Waals surface area contributed by atoms with Gasteiger partial charge in [-0.05, 0) is 81.7 Å². The molecule has 12 heteroatoms. The minimum Gasteiger partial charge on any atom is -0.387 e. The van der Waals surface area contributed by atoms with Crippen LogP contribution in [0.25, 0.3) is 10.2 Å². The molecule has 2 aliphatic carbocycles. The second kappa shape index (κ2) is 11.4. The third-order valence-electron chi connectivity index (χ3n) is 8.94. The van der Waals surface area contributed by atoms with Crippen LogP contribution >= 0.6 is 11.3 Å². The van der Waals surface area contributed by atoms with E-state index in [0.717, 1.165) is 41.6 Å². The number of rotatable bonds is 11. The van der Waals surface area contributed by atoms with Crippen molar-refractivity contribution in [2.24, 2.45) is 5.41 Å². The first-order chi connectivity index (χ1) is 20.9. The van der Waals surface area contributed by atoms with Crippen molar-refractivity contribution in [1.82, 2.24) is 15.3 Å². The fourth-order valence-corrected chi connectivity index (χ4v) is 9.16. The fraction of sp³-hybridized carbons (Fsp3) is 0.406. The van der Waals surface area contributed by atoms with E-state index in [-0.39, 0.29) is 23.3 Å². The number of alkyl halides is 1. The second-order valence-corrected chi connectivity index (χ2v) is 15.6. The number of sulfone groups is 1. The standard InChI is InChI=1S/C32H36FN5O4S2/c1-30(2,40)27(33)17-35-29(39)23-16-34-28(37-21-8-9-24-26(14-21)43-20-36-24)15-25(23)38-32-12-10-31(18-32,11-13-32)19-44(41,42)22-6-4-3-5-7-22/h3-9,14-16,20,27,40H,10-13,17-19H2,1-2H3,(H,35,39)(H2,34,37,38)/t27-,31?,32?/m1/s1. The van der Waals surface area contributed by atoms with Crippen LogP contribution in [0, 0.1) is 5.41 Å². The van der Waals surface area contributed by atoms with Crippen LogP contribution < -0.4 is 16.0 Å². The molecule has 9 nitrogen and oxygen atoms in total. The Morgan fingerprint density at radius 2 is 1.84 bits per heavy atom. The molecule has 232 valence electrons. The molecule has 2 fully saturated rings. The summed E-state index contributed by atoms with van der Waals surface area (Å²) in [6, 6.07) is 16.1. The van der Waals surface area contributed by atoms with Crippen molar-refractivity contribution in [3.63, 3.8) is 0 Å². The Bertz CT molecular complexity index is 1780. The molecule has 2 heterocycles. The van der Waals surface area contributed by atoms with Crippen molar-refractivity contribution in [3.05, 3.63) is 71.9 Å². The number of hydrogen-bond acceptors (Lipinski definition) is 9. The number of pyridine rings is 1. The number of carbonyl (C=O) groups is 1. The number of nitrogens with one attached hydrogen (secondary N) is 3. The largest absolute Gasteiger partial charge is 0.387 e. The highest BCUT2D eigenvalue weighted by Crippen LogP contribution is 2.58. The maximum absolute atomic E-state index is 14.5. The SMILES string of the molecule is CC(C)(O)[C@H](F)CNC(=O)c1cnc(Nc2ccc3ncsc3c2)cc1NC12CCC(CS(=O)(=O)c3ccccc3)(CC1)C2. The maximum atomic E-state index is 14.5. The molecule has 2 aromatic heterocycles.